The first-order chi connectivity index (χ1) is 67.2. The Hall–Kier alpha value is -9.25. The molecule has 0 aliphatic rings. The second kappa shape index (κ2) is 175. The molecule has 0 aliphatic heterocycles. The normalized spacial score (nSPS) is 8.21. The van der Waals surface area contributed by atoms with Crippen molar-refractivity contribution in [2.75, 3.05) is 65.4 Å². The molecule has 0 saturated carbocycles. The summed E-state index contributed by atoms with van der Waals surface area (Å²) in [4.78, 5) is 44.0. The van der Waals surface area contributed by atoms with Crippen LogP contribution in [-0.4, -0.2) is 141 Å². The first-order valence-corrected chi connectivity index (χ1v) is 52.5. The van der Waals surface area contributed by atoms with Gasteiger partial charge in [-0.15, -0.1) is 0 Å². The van der Waals surface area contributed by atoms with Crippen LogP contribution in [-0.2, 0) is 0 Å². The maximum Gasteiger partial charge on any atom is 0.130 e. The average Bonchev–Trinajstić information content (AvgIpc) is 1.02. The van der Waals surface area contributed by atoms with E-state index in [0.717, 1.165) is 94.0 Å². The Morgan fingerprint density at radius 3 is 0.693 bits per heavy atom. The van der Waals surface area contributed by atoms with Crippen molar-refractivity contribution in [3.8, 4) is 0 Å². The number of nitrogens with zero attached hydrogens (tertiary/aromatic N) is 15. The predicted molar refractivity (Wildman–Crippen MR) is 633 cm³/mol. The van der Waals surface area contributed by atoms with Crippen LogP contribution >= 0.6 is 0 Å². The fourth-order valence-corrected chi connectivity index (χ4v) is 6.75. The molecule has 0 fully saturated rings. The lowest BCUT2D eigenvalue weighted by atomic mass is 10.0. The van der Waals surface area contributed by atoms with Gasteiger partial charge in [0, 0.05) is 110 Å². The molecule has 0 amide bonds. The van der Waals surface area contributed by atoms with Gasteiger partial charge in [0.2, 0.25) is 0 Å². The van der Waals surface area contributed by atoms with Crippen LogP contribution in [0.5, 0.6) is 0 Å². The van der Waals surface area contributed by atoms with Crippen molar-refractivity contribution in [3.05, 3.63) is 271 Å². The fraction of sp³-hybridized carbons (Fsp3) is 0.609. The smallest absolute Gasteiger partial charge is 0.130 e. The van der Waals surface area contributed by atoms with Crippen LogP contribution in [0.2, 0.25) is 0 Å². The standard InChI is InChI=1S/C9H12.3C8H11N.6C7H10N2.10C2H7N.10C2H6/c1-8(2)9-6-4-3-5-7-9;1-7(2)8-3-5-9-6-4-8;1-7(2)8-4-3-5-9-6-8;1-7(2)8-5-3-4-6-9-8;1-6(2)7-3-8-5-9-4-7;1-6(2)7-5-8-3-4-9-7;1-6(2)7-3-4-8-5-9-7;1-6(2)7-3-4-8-9-5-7;1-6(2)7-8-4-3-5-9-7;1-6(2)7-4-3-5-8-9-7;10*1-2-3;10*1-2/h3-8H,1-2H3;3*3-7H,1-2H3;6*3-6H,1-2H3;10*2-3H2,1H3;10*1-2H3. The lowest BCUT2D eigenvalue weighted by molar-refractivity contribution is 0.774. The average molecular weight is 1970 g/mol. The summed E-state index contributed by atoms with van der Waals surface area (Å²) < 4.78 is 0. The Labute approximate surface area is 869 Å². The quantitative estimate of drug-likeness (QED) is 0.0608. The molecule has 140 heavy (non-hydrogen) atoms. The lowest BCUT2D eigenvalue weighted by Gasteiger charge is -2.01. The van der Waals surface area contributed by atoms with E-state index in [1.807, 2.05) is 318 Å². The van der Waals surface area contributed by atoms with E-state index in [4.69, 9.17) is 57.3 Å². The van der Waals surface area contributed by atoms with E-state index >= 15 is 0 Å². The molecular weight excluding hydrogens is 1730 g/mol. The molecule has 0 saturated heterocycles. The first-order valence-electron chi connectivity index (χ1n) is 52.5. The van der Waals surface area contributed by atoms with Crippen LogP contribution in [0.3, 0.4) is 0 Å². The molecule has 10 aromatic rings. The monoisotopic (exact) mass is 1970 g/mol. The molecule has 0 radical (unpaired) electrons. The van der Waals surface area contributed by atoms with E-state index in [-0.39, 0.29) is 0 Å². The van der Waals surface area contributed by atoms with Gasteiger partial charge in [-0.25, -0.2) is 29.9 Å². The molecule has 0 atom stereocenters. The molecule has 0 bridgehead atoms. The minimum atomic E-state index is 0.436. The third kappa shape index (κ3) is 171. The highest BCUT2D eigenvalue weighted by Crippen LogP contribution is 2.16. The molecule has 0 unspecified atom stereocenters. The fourth-order valence-electron chi connectivity index (χ4n) is 6.75. The summed E-state index contributed by atoms with van der Waals surface area (Å²) in [5, 5.41) is 15.1. The summed E-state index contributed by atoms with van der Waals surface area (Å²) in [6.07, 6.45) is 31.7. The van der Waals surface area contributed by atoms with Crippen molar-refractivity contribution in [1.29, 1.82) is 0 Å². The van der Waals surface area contributed by atoms with E-state index in [0.29, 0.717) is 59.2 Å². The SMILES string of the molecule is CC.CC.CC.CC.CC.CC.CC.CC.CC.CC.CC(C)c1ccccc1.CC(C)c1ccccn1.CC(C)c1cccnc1.CC(C)c1cccnn1.CC(C)c1ccncc1.CC(C)c1ccncn1.CC(C)c1ccnnc1.CC(C)c1cnccn1.CC(C)c1cncnc1.CC(C)c1ncccn1.CCN.CCN.CCN.CCN.CCN.CCN.CCN.CCN.CCN.CCN. The number of hydrogen-bond acceptors (Lipinski definition) is 25. The molecule has 10 rings (SSSR count). The Morgan fingerprint density at radius 2 is 0.479 bits per heavy atom. The zero-order chi connectivity index (χ0) is 114. The first kappa shape index (κ1) is 179. The summed E-state index contributed by atoms with van der Waals surface area (Å²) >= 11 is 0. The number of benzene rings is 1. The molecule has 9 aromatic heterocycles. The third-order valence-electron chi connectivity index (χ3n) is 12.6. The van der Waals surface area contributed by atoms with Crippen LogP contribution in [0, 0.1) is 0 Å². The van der Waals surface area contributed by atoms with Gasteiger partial charge in [0.1, 0.15) is 18.5 Å². The van der Waals surface area contributed by atoms with Gasteiger partial charge in [-0.05, 0) is 207 Å². The molecule has 25 nitrogen and oxygen atoms in total. The summed E-state index contributed by atoms with van der Waals surface area (Å²) in [5.41, 5.74) is 59.3. The second-order valence-electron chi connectivity index (χ2n) is 27.7. The van der Waals surface area contributed by atoms with E-state index in [2.05, 4.69) is 244 Å². The highest BCUT2D eigenvalue weighted by molar-refractivity contribution is 5.18. The van der Waals surface area contributed by atoms with Gasteiger partial charge in [0.05, 0.1) is 17.6 Å². The number of aromatic nitrogens is 15. The number of hydrogen-bond donors (Lipinski definition) is 10. The third-order valence-corrected chi connectivity index (χ3v) is 12.6. The van der Waals surface area contributed by atoms with Crippen molar-refractivity contribution >= 4 is 0 Å². The maximum atomic E-state index is 4.85. The number of rotatable bonds is 10. The molecule has 820 valence electrons. The van der Waals surface area contributed by atoms with E-state index < -0.39 is 0 Å². The topological polar surface area (TPSA) is 454 Å². The van der Waals surface area contributed by atoms with Crippen LogP contribution in [0.15, 0.2) is 215 Å². The molecule has 1 aromatic carbocycles. The van der Waals surface area contributed by atoms with Gasteiger partial charge >= 0.3 is 0 Å². The second-order valence-corrected chi connectivity index (χ2v) is 27.7. The van der Waals surface area contributed by atoms with Gasteiger partial charge < -0.3 is 57.3 Å². The molecule has 9 heterocycles. The summed E-state index contributed by atoms with van der Waals surface area (Å²) in [6, 6.07) is 34.3. The summed E-state index contributed by atoms with van der Waals surface area (Å²) in [6.45, 7) is 109. The minimum Gasteiger partial charge on any atom is -0.331 e. The van der Waals surface area contributed by atoms with Crippen molar-refractivity contribution < 1.29 is 0 Å². The van der Waals surface area contributed by atoms with Gasteiger partial charge in [-0.2, -0.15) is 20.4 Å². The van der Waals surface area contributed by atoms with Gasteiger partial charge in [-0.3, -0.25) is 24.9 Å². The Morgan fingerprint density at radius 1 is 0.179 bits per heavy atom. The Kier molecular flexibility index (Phi) is 225. The molecule has 0 spiro atoms. The zero-order valence-electron chi connectivity index (χ0n) is 101. The molecular formula is C115H235N25. The minimum absolute atomic E-state index is 0.436. The van der Waals surface area contributed by atoms with Crippen molar-refractivity contribution in [2.45, 2.75) is 405 Å². The van der Waals surface area contributed by atoms with Crippen molar-refractivity contribution in [3.63, 3.8) is 0 Å². The largest absolute Gasteiger partial charge is 0.331 e. The van der Waals surface area contributed by atoms with Crippen molar-refractivity contribution in [1.82, 2.24) is 75.2 Å². The Balaban J connectivity index is -0.0000000604. The van der Waals surface area contributed by atoms with Gasteiger partial charge in [0.15, 0.2) is 0 Å². The summed E-state index contributed by atoms with van der Waals surface area (Å²) in [5.74, 6) is 6.34. The molecule has 20 N–H and O–H groups in total. The Bertz CT molecular complexity index is 2600. The predicted octanol–water partition coefficient (Wildman–Crippen LogP) is 28.9. The molecule has 0 aliphatic carbocycles. The highest BCUT2D eigenvalue weighted by Gasteiger charge is 2.02. The van der Waals surface area contributed by atoms with E-state index in [9.17, 15) is 0 Å². The van der Waals surface area contributed by atoms with Crippen LogP contribution < -0.4 is 57.3 Å². The van der Waals surface area contributed by atoms with E-state index in [1.54, 1.807) is 74.6 Å². The van der Waals surface area contributed by atoms with E-state index in [1.165, 1.54) is 27.8 Å². The number of pyridine rings is 3. The van der Waals surface area contributed by atoms with Crippen LogP contribution in [0.1, 0.15) is 462 Å². The molecule has 25 heteroatoms. The van der Waals surface area contributed by atoms with Gasteiger partial charge in [0.25, 0.3) is 0 Å². The summed E-state index contributed by atoms with van der Waals surface area (Å²) in [7, 11) is 0. The maximum absolute atomic E-state index is 4.85. The van der Waals surface area contributed by atoms with Crippen LogP contribution in [0.25, 0.3) is 0 Å². The zero-order valence-corrected chi connectivity index (χ0v) is 101. The highest BCUT2D eigenvalue weighted by atomic mass is 15.1. The van der Waals surface area contributed by atoms with Gasteiger partial charge in [-0.1, -0.05) is 389 Å². The number of nitrogens with two attached hydrogens (primary N) is 10. The van der Waals surface area contributed by atoms with Crippen molar-refractivity contribution in [2.24, 2.45) is 57.3 Å². The lowest BCUT2D eigenvalue weighted by Crippen LogP contribution is -1.93. The van der Waals surface area contributed by atoms with Crippen LogP contribution in [0.4, 0.5) is 0 Å².